The Balaban J connectivity index is 2.12. The average molecular weight is 236 g/mol. The summed E-state index contributed by atoms with van der Waals surface area (Å²) in [6.45, 7) is 8.79. The molecular weight excluding hydrogens is 212 g/mol. The number of hydrogen-bond acceptors (Lipinski definition) is 3. The zero-order chi connectivity index (χ0) is 12.4. The summed E-state index contributed by atoms with van der Waals surface area (Å²) in [4.78, 5) is 2.44. The SMILES string of the molecule is CCn1ccc(N2CCC(NC)C(C)C2C)n1. The van der Waals surface area contributed by atoms with Gasteiger partial charge < -0.3 is 10.2 Å². The standard InChI is InChI=1S/C13H24N4/c1-5-16-8-7-13(15-16)17-9-6-12(14-4)10(2)11(17)3/h7-8,10-12,14H,5-6,9H2,1-4H3. The highest BCUT2D eigenvalue weighted by molar-refractivity contribution is 5.39. The van der Waals surface area contributed by atoms with E-state index in [9.17, 15) is 0 Å². The zero-order valence-corrected chi connectivity index (χ0v) is 11.3. The van der Waals surface area contributed by atoms with Crippen LogP contribution in [0.5, 0.6) is 0 Å². The average Bonchev–Trinajstić information content (AvgIpc) is 2.81. The number of aryl methyl sites for hydroxylation is 1. The van der Waals surface area contributed by atoms with Crippen molar-refractivity contribution in [2.75, 3.05) is 18.5 Å². The third-order valence-corrected chi connectivity index (χ3v) is 4.18. The van der Waals surface area contributed by atoms with Gasteiger partial charge in [-0.1, -0.05) is 6.92 Å². The Morgan fingerprint density at radius 1 is 1.47 bits per heavy atom. The van der Waals surface area contributed by atoms with Gasteiger partial charge in [0, 0.05) is 37.4 Å². The molecule has 1 saturated heterocycles. The van der Waals surface area contributed by atoms with E-state index in [4.69, 9.17) is 0 Å². The van der Waals surface area contributed by atoms with Crippen LogP contribution in [0.25, 0.3) is 0 Å². The van der Waals surface area contributed by atoms with E-state index in [2.05, 4.69) is 55.4 Å². The molecule has 4 heteroatoms. The summed E-state index contributed by atoms with van der Waals surface area (Å²) in [5.74, 6) is 1.78. The largest absolute Gasteiger partial charge is 0.352 e. The summed E-state index contributed by atoms with van der Waals surface area (Å²) in [6, 6.07) is 3.31. The summed E-state index contributed by atoms with van der Waals surface area (Å²) < 4.78 is 2.00. The van der Waals surface area contributed by atoms with Crippen LogP contribution < -0.4 is 10.2 Å². The van der Waals surface area contributed by atoms with Crippen LogP contribution in [0.4, 0.5) is 5.82 Å². The Bertz CT molecular complexity index is 360. The number of aromatic nitrogens is 2. The maximum absolute atomic E-state index is 4.61. The molecule has 0 aromatic carbocycles. The second-order valence-corrected chi connectivity index (χ2v) is 5.01. The van der Waals surface area contributed by atoms with Crippen molar-refractivity contribution >= 4 is 5.82 Å². The molecule has 96 valence electrons. The summed E-state index contributed by atoms with van der Waals surface area (Å²) in [5.41, 5.74) is 0. The number of rotatable bonds is 3. The highest BCUT2D eigenvalue weighted by atomic mass is 15.4. The predicted molar refractivity (Wildman–Crippen MR) is 71.3 cm³/mol. The molecule has 3 unspecified atom stereocenters. The molecule has 17 heavy (non-hydrogen) atoms. The van der Waals surface area contributed by atoms with Gasteiger partial charge in [-0.25, -0.2) is 0 Å². The van der Waals surface area contributed by atoms with Gasteiger partial charge in [0.25, 0.3) is 0 Å². The number of hydrogen-bond donors (Lipinski definition) is 1. The van der Waals surface area contributed by atoms with E-state index in [0.717, 1.165) is 18.9 Å². The van der Waals surface area contributed by atoms with E-state index in [1.54, 1.807) is 0 Å². The molecular formula is C13H24N4. The molecule has 1 aliphatic rings. The lowest BCUT2D eigenvalue weighted by Gasteiger charge is -2.42. The molecule has 0 saturated carbocycles. The summed E-state index contributed by atoms with van der Waals surface area (Å²) >= 11 is 0. The van der Waals surface area contributed by atoms with Crippen LogP contribution in [0, 0.1) is 5.92 Å². The van der Waals surface area contributed by atoms with Gasteiger partial charge in [0.2, 0.25) is 0 Å². The van der Waals surface area contributed by atoms with Crippen molar-refractivity contribution in [3.63, 3.8) is 0 Å². The van der Waals surface area contributed by atoms with Crippen molar-refractivity contribution in [3.05, 3.63) is 12.3 Å². The Morgan fingerprint density at radius 2 is 2.24 bits per heavy atom. The second kappa shape index (κ2) is 5.08. The van der Waals surface area contributed by atoms with Crippen molar-refractivity contribution < 1.29 is 0 Å². The van der Waals surface area contributed by atoms with Crippen LogP contribution in [0.1, 0.15) is 27.2 Å². The van der Waals surface area contributed by atoms with Gasteiger partial charge in [-0.15, -0.1) is 0 Å². The maximum Gasteiger partial charge on any atom is 0.150 e. The van der Waals surface area contributed by atoms with Crippen molar-refractivity contribution in [2.24, 2.45) is 5.92 Å². The fraction of sp³-hybridized carbons (Fsp3) is 0.769. The van der Waals surface area contributed by atoms with Crippen LogP contribution in [0.3, 0.4) is 0 Å². The smallest absolute Gasteiger partial charge is 0.150 e. The van der Waals surface area contributed by atoms with E-state index >= 15 is 0 Å². The number of nitrogens with one attached hydrogen (secondary N) is 1. The topological polar surface area (TPSA) is 33.1 Å². The van der Waals surface area contributed by atoms with Gasteiger partial charge in [-0.3, -0.25) is 4.68 Å². The third-order valence-electron chi connectivity index (χ3n) is 4.18. The monoisotopic (exact) mass is 236 g/mol. The van der Waals surface area contributed by atoms with Crippen LogP contribution in [0.15, 0.2) is 12.3 Å². The van der Waals surface area contributed by atoms with Crippen LogP contribution in [-0.4, -0.2) is 35.5 Å². The molecule has 2 heterocycles. The highest BCUT2D eigenvalue weighted by Gasteiger charge is 2.32. The minimum Gasteiger partial charge on any atom is -0.352 e. The Hall–Kier alpha value is -1.03. The van der Waals surface area contributed by atoms with E-state index in [0.29, 0.717) is 18.0 Å². The molecule has 0 spiro atoms. The molecule has 4 nitrogen and oxygen atoms in total. The van der Waals surface area contributed by atoms with E-state index in [-0.39, 0.29) is 0 Å². The minimum atomic E-state index is 0.543. The molecule has 1 fully saturated rings. The molecule has 1 aromatic heterocycles. The van der Waals surface area contributed by atoms with Crippen LogP contribution >= 0.6 is 0 Å². The summed E-state index contributed by atoms with van der Waals surface area (Å²) in [6.07, 6.45) is 3.26. The molecule has 3 atom stereocenters. The van der Waals surface area contributed by atoms with Crippen molar-refractivity contribution in [3.8, 4) is 0 Å². The van der Waals surface area contributed by atoms with Gasteiger partial charge in [0.15, 0.2) is 5.82 Å². The summed E-state index contributed by atoms with van der Waals surface area (Å²) in [7, 11) is 2.06. The number of anilines is 1. The number of piperidine rings is 1. The first-order chi connectivity index (χ1) is 8.17. The van der Waals surface area contributed by atoms with Gasteiger partial charge in [-0.2, -0.15) is 5.10 Å². The molecule has 1 N–H and O–H groups in total. The van der Waals surface area contributed by atoms with Gasteiger partial charge >= 0.3 is 0 Å². The lowest BCUT2D eigenvalue weighted by atomic mass is 9.87. The quantitative estimate of drug-likeness (QED) is 0.867. The fourth-order valence-electron chi connectivity index (χ4n) is 2.78. The first kappa shape index (κ1) is 12.4. The minimum absolute atomic E-state index is 0.543. The molecule has 1 aromatic rings. The Kier molecular flexibility index (Phi) is 3.72. The number of nitrogens with zero attached hydrogens (tertiary/aromatic N) is 3. The molecule has 0 amide bonds. The van der Waals surface area contributed by atoms with Crippen molar-refractivity contribution in [1.82, 2.24) is 15.1 Å². The maximum atomic E-state index is 4.61. The van der Waals surface area contributed by atoms with E-state index in [1.165, 1.54) is 6.42 Å². The van der Waals surface area contributed by atoms with Crippen molar-refractivity contribution in [1.29, 1.82) is 0 Å². The lowest BCUT2D eigenvalue weighted by Crippen LogP contribution is -2.53. The van der Waals surface area contributed by atoms with Crippen molar-refractivity contribution in [2.45, 2.75) is 45.8 Å². The first-order valence-corrected chi connectivity index (χ1v) is 6.64. The summed E-state index contributed by atoms with van der Waals surface area (Å²) in [5, 5.41) is 8.03. The Morgan fingerprint density at radius 3 is 2.82 bits per heavy atom. The van der Waals surface area contributed by atoms with E-state index in [1.807, 2.05) is 4.68 Å². The van der Waals surface area contributed by atoms with E-state index < -0.39 is 0 Å². The third kappa shape index (κ3) is 2.32. The molecule has 0 bridgehead atoms. The normalized spacial score (nSPS) is 29.6. The molecule has 1 aliphatic heterocycles. The highest BCUT2D eigenvalue weighted by Crippen LogP contribution is 2.27. The van der Waals surface area contributed by atoms with Crippen LogP contribution in [0.2, 0.25) is 0 Å². The van der Waals surface area contributed by atoms with Gasteiger partial charge in [0.1, 0.15) is 0 Å². The molecule has 2 rings (SSSR count). The zero-order valence-electron chi connectivity index (χ0n) is 11.3. The lowest BCUT2D eigenvalue weighted by molar-refractivity contribution is 0.281. The molecule has 0 aliphatic carbocycles. The predicted octanol–water partition coefficient (Wildman–Crippen LogP) is 1.73. The second-order valence-electron chi connectivity index (χ2n) is 5.01. The first-order valence-electron chi connectivity index (χ1n) is 6.64. The fourth-order valence-corrected chi connectivity index (χ4v) is 2.78. The van der Waals surface area contributed by atoms with Gasteiger partial charge in [0.05, 0.1) is 0 Å². The molecule has 0 radical (unpaired) electrons. The van der Waals surface area contributed by atoms with Crippen LogP contribution in [-0.2, 0) is 6.54 Å². The Labute approximate surface area is 104 Å². The van der Waals surface area contributed by atoms with Gasteiger partial charge in [-0.05, 0) is 33.2 Å².